The number of anilines is 1. The van der Waals surface area contributed by atoms with Crippen molar-refractivity contribution < 1.29 is 19.3 Å². The molecule has 2 aromatic carbocycles. The molecule has 0 saturated carbocycles. The summed E-state index contributed by atoms with van der Waals surface area (Å²) in [6.45, 7) is 3.11. The second-order valence-electron chi connectivity index (χ2n) is 5.40. The Morgan fingerprint density at radius 1 is 0.962 bits per heavy atom. The van der Waals surface area contributed by atoms with E-state index in [9.17, 15) is 5.11 Å². The molecule has 0 aromatic heterocycles. The van der Waals surface area contributed by atoms with Crippen molar-refractivity contribution in [2.45, 2.75) is 13.5 Å². The molecule has 7 nitrogen and oxygen atoms in total. The van der Waals surface area contributed by atoms with Crippen LogP contribution in [0.1, 0.15) is 12.5 Å². The van der Waals surface area contributed by atoms with E-state index in [0.717, 1.165) is 11.3 Å². The van der Waals surface area contributed by atoms with Crippen molar-refractivity contribution in [3.8, 4) is 23.0 Å². The largest absolute Gasteiger partial charge is 0.504 e. The van der Waals surface area contributed by atoms with Gasteiger partial charge in [0.2, 0.25) is 0 Å². The topological polar surface area (TPSA) is 84.3 Å². The van der Waals surface area contributed by atoms with Crippen LogP contribution in [0.5, 0.6) is 23.0 Å². The molecule has 0 aliphatic rings. The van der Waals surface area contributed by atoms with Crippen molar-refractivity contribution >= 4 is 11.6 Å². The van der Waals surface area contributed by atoms with Gasteiger partial charge in [-0.2, -0.15) is 0 Å². The van der Waals surface area contributed by atoms with Crippen molar-refractivity contribution in [2.75, 3.05) is 33.2 Å². The SMILES string of the molecule is CCNC(=NCc1ccc(OC)c(O)c1)Nc1ccc(OC)c(OC)c1. The maximum atomic E-state index is 9.87. The highest BCUT2D eigenvalue weighted by molar-refractivity contribution is 5.93. The normalized spacial score (nSPS) is 11.0. The molecule has 26 heavy (non-hydrogen) atoms. The lowest BCUT2D eigenvalue weighted by atomic mass is 10.2. The summed E-state index contributed by atoms with van der Waals surface area (Å²) in [5.41, 5.74) is 1.69. The van der Waals surface area contributed by atoms with Gasteiger partial charge in [-0.3, -0.25) is 0 Å². The standard InChI is InChI=1S/C19H25N3O4/c1-5-20-19(21-12-13-6-8-16(24-2)15(23)10-13)22-14-7-9-17(25-3)18(11-14)26-4/h6-11,23H,5,12H2,1-4H3,(H2,20,21,22). The number of nitrogens with one attached hydrogen (secondary N) is 2. The quantitative estimate of drug-likeness (QED) is 0.521. The first kappa shape index (κ1) is 19.2. The third-order valence-electron chi connectivity index (χ3n) is 3.65. The molecule has 0 unspecified atom stereocenters. The zero-order valence-corrected chi connectivity index (χ0v) is 15.5. The Labute approximate surface area is 153 Å². The number of guanidine groups is 1. The predicted molar refractivity (Wildman–Crippen MR) is 103 cm³/mol. The number of rotatable bonds is 7. The fourth-order valence-corrected chi connectivity index (χ4v) is 2.36. The van der Waals surface area contributed by atoms with E-state index in [1.165, 1.54) is 7.11 Å². The molecule has 7 heteroatoms. The average molecular weight is 359 g/mol. The van der Waals surface area contributed by atoms with Gasteiger partial charge in [-0.15, -0.1) is 0 Å². The molecule has 0 spiro atoms. The van der Waals surface area contributed by atoms with Gasteiger partial charge in [0.1, 0.15) is 0 Å². The number of aliphatic imine (C=N–C) groups is 1. The van der Waals surface area contributed by atoms with Crippen LogP contribution in [0, 0.1) is 0 Å². The summed E-state index contributed by atoms with van der Waals surface area (Å²) in [6.07, 6.45) is 0. The van der Waals surface area contributed by atoms with Gasteiger partial charge >= 0.3 is 0 Å². The van der Waals surface area contributed by atoms with Crippen LogP contribution < -0.4 is 24.8 Å². The number of methoxy groups -OCH3 is 3. The van der Waals surface area contributed by atoms with Gasteiger partial charge < -0.3 is 30.0 Å². The van der Waals surface area contributed by atoms with E-state index < -0.39 is 0 Å². The predicted octanol–water partition coefficient (Wildman–Crippen LogP) is 3.00. The minimum atomic E-state index is 0.0954. The first-order valence-corrected chi connectivity index (χ1v) is 8.24. The highest BCUT2D eigenvalue weighted by Crippen LogP contribution is 2.30. The van der Waals surface area contributed by atoms with Crippen LogP contribution in [-0.2, 0) is 6.54 Å². The number of aromatic hydroxyl groups is 1. The summed E-state index contributed by atoms with van der Waals surface area (Å²) >= 11 is 0. The number of benzene rings is 2. The van der Waals surface area contributed by atoms with Gasteiger partial charge in [0, 0.05) is 18.3 Å². The lowest BCUT2D eigenvalue weighted by molar-refractivity contribution is 0.355. The highest BCUT2D eigenvalue weighted by atomic mass is 16.5. The molecule has 140 valence electrons. The van der Waals surface area contributed by atoms with Crippen molar-refractivity contribution in [2.24, 2.45) is 4.99 Å². The Kier molecular flexibility index (Phi) is 6.96. The summed E-state index contributed by atoms with van der Waals surface area (Å²) in [7, 11) is 4.71. The maximum Gasteiger partial charge on any atom is 0.196 e. The monoisotopic (exact) mass is 359 g/mol. The van der Waals surface area contributed by atoms with E-state index in [0.29, 0.717) is 36.3 Å². The minimum absolute atomic E-state index is 0.0954. The number of phenolic OH excluding ortho intramolecular Hbond substituents is 1. The number of nitrogens with zero attached hydrogens (tertiary/aromatic N) is 1. The molecule has 0 saturated heterocycles. The van der Waals surface area contributed by atoms with Crippen LogP contribution in [-0.4, -0.2) is 38.9 Å². The lowest BCUT2D eigenvalue weighted by Gasteiger charge is -2.14. The Morgan fingerprint density at radius 2 is 1.65 bits per heavy atom. The number of hydrogen-bond acceptors (Lipinski definition) is 5. The van der Waals surface area contributed by atoms with E-state index in [-0.39, 0.29) is 5.75 Å². The van der Waals surface area contributed by atoms with E-state index >= 15 is 0 Å². The smallest absolute Gasteiger partial charge is 0.196 e. The van der Waals surface area contributed by atoms with Crippen LogP contribution >= 0.6 is 0 Å². The van der Waals surface area contributed by atoms with Crippen molar-refractivity contribution in [3.63, 3.8) is 0 Å². The first-order chi connectivity index (χ1) is 12.6. The first-order valence-electron chi connectivity index (χ1n) is 8.24. The summed E-state index contributed by atoms with van der Waals surface area (Å²) in [4.78, 5) is 4.54. The molecule has 2 aromatic rings. The summed E-state index contributed by atoms with van der Waals surface area (Å²) < 4.78 is 15.6. The van der Waals surface area contributed by atoms with E-state index in [1.807, 2.05) is 31.2 Å². The molecule has 2 rings (SSSR count). The molecule has 0 atom stereocenters. The number of ether oxygens (including phenoxy) is 3. The van der Waals surface area contributed by atoms with Gasteiger partial charge in [0.25, 0.3) is 0 Å². The fourth-order valence-electron chi connectivity index (χ4n) is 2.36. The van der Waals surface area contributed by atoms with Crippen LogP contribution in [0.2, 0.25) is 0 Å². The maximum absolute atomic E-state index is 9.87. The second-order valence-corrected chi connectivity index (χ2v) is 5.40. The van der Waals surface area contributed by atoms with E-state index in [4.69, 9.17) is 14.2 Å². The Bertz CT molecular complexity index is 762. The van der Waals surface area contributed by atoms with Gasteiger partial charge in [-0.1, -0.05) is 6.07 Å². The molecule has 0 aliphatic heterocycles. The minimum Gasteiger partial charge on any atom is -0.504 e. The molecule has 0 bridgehead atoms. The van der Waals surface area contributed by atoms with Gasteiger partial charge in [-0.05, 0) is 36.8 Å². The molecular weight excluding hydrogens is 334 g/mol. The Balaban J connectivity index is 2.15. The zero-order chi connectivity index (χ0) is 18.9. The van der Waals surface area contributed by atoms with Crippen LogP contribution in [0.25, 0.3) is 0 Å². The third-order valence-corrected chi connectivity index (χ3v) is 3.65. The lowest BCUT2D eigenvalue weighted by Crippen LogP contribution is -2.30. The van der Waals surface area contributed by atoms with Crippen molar-refractivity contribution in [1.82, 2.24) is 5.32 Å². The van der Waals surface area contributed by atoms with Crippen LogP contribution in [0.3, 0.4) is 0 Å². The van der Waals surface area contributed by atoms with Gasteiger partial charge in [0.05, 0.1) is 27.9 Å². The second kappa shape index (κ2) is 9.41. The van der Waals surface area contributed by atoms with Gasteiger partial charge in [0.15, 0.2) is 29.0 Å². The van der Waals surface area contributed by atoms with Crippen LogP contribution in [0.15, 0.2) is 41.4 Å². The summed E-state index contributed by atoms with van der Waals surface area (Å²) in [6, 6.07) is 10.8. The average Bonchev–Trinajstić information content (AvgIpc) is 2.66. The Hall–Kier alpha value is -3.09. The Morgan fingerprint density at radius 3 is 2.27 bits per heavy atom. The van der Waals surface area contributed by atoms with Crippen molar-refractivity contribution in [1.29, 1.82) is 0 Å². The van der Waals surface area contributed by atoms with Crippen LogP contribution in [0.4, 0.5) is 5.69 Å². The molecule has 0 aliphatic carbocycles. The molecule has 0 amide bonds. The number of hydrogen-bond donors (Lipinski definition) is 3. The zero-order valence-electron chi connectivity index (χ0n) is 15.5. The molecule has 0 fully saturated rings. The van der Waals surface area contributed by atoms with E-state index in [1.54, 1.807) is 26.4 Å². The van der Waals surface area contributed by atoms with Crippen molar-refractivity contribution in [3.05, 3.63) is 42.0 Å². The third kappa shape index (κ3) is 4.95. The summed E-state index contributed by atoms with van der Waals surface area (Å²) in [5, 5.41) is 16.3. The van der Waals surface area contributed by atoms with Gasteiger partial charge in [-0.25, -0.2) is 4.99 Å². The molecular formula is C19H25N3O4. The molecule has 0 radical (unpaired) electrons. The molecule has 0 heterocycles. The highest BCUT2D eigenvalue weighted by Gasteiger charge is 2.07. The molecule has 3 N–H and O–H groups in total. The fraction of sp³-hybridized carbons (Fsp3) is 0.316. The summed E-state index contributed by atoms with van der Waals surface area (Å²) in [5.74, 6) is 2.45. The van der Waals surface area contributed by atoms with E-state index in [2.05, 4.69) is 15.6 Å². The number of phenols is 1.